The Bertz CT molecular complexity index is 1600. The van der Waals surface area contributed by atoms with Crippen molar-refractivity contribution in [2.24, 2.45) is 0 Å². The van der Waals surface area contributed by atoms with E-state index in [0.717, 1.165) is 16.3 Å². The fourth-order valence-corrected chi connectivity index (χ4v) is 4.47. The van der Waals surface area contributed by atoms with Crippen molar-refractivity contribution in [3.8, 4) is 11.3 Å². The van der Waals surface area contributed by atoms with Gasteiger partial charge in [0.25, 0.3) is 0 Å². The summed E-state index contributed by atoms with van der Waals surface area (Å²) in [5.41, 5.74) is -0.756. The van der Waals surface area contributed by atoms with Gasteiger partial charge in [-0.3, -0.25) is 0 Å². The fourth-order valence-electron chi connectivity index (χ4n) is 4.47. The summed E-state index contributed by atoms with van der Waals surface area (Å²) >= 11 is 0. The number of halogens is 5. The zero-order valence-electron chi connectivity index (χ0n) is 18.6. The zero-order chi connectivity index (χ0) is 24.4. The van der Waals surface area contributed by atoms with Crippen molar-refractivity contribution in [1.29, 1.82) is 0 Å². The molecule has 0 saturated heterocycles. The molecule has 0 unspecified atom stereocenters. The summed E-state index contributed by atoms with van der Waals surface area (Å²) in [6, 6.07) is 16.6. The average Bonchev–Trinajstić information content (AvgIpc) is 2.79. The molecule has 0 aliphatic heterocycles. The molecule has 0 aliphatic rings. The van der Waals surface area contributed by atoms with E-state index in [0.29, 0.717) is 5.56 Å². The van der Waals surface area contributed by atoms with Crippen LogP contribution in [0.15, 0.2) is 60.7 Å². The van der Waals surface area contributed by atoms with Crippen LogP contribution in [0.3, 0.4) is 0 Å². The summed E-state index contributed by atoms with van der Waals surface area (Å²) in [6.07, 6.45) is -5.01. The molecule has 0 N–H and O–H groups in total. The van der Waals surface area contributed by atoms with E-state index in [1.54, 1.807) is 12.1 Å². The highest BCUT2D eigenvalue weighted by Crippen LogP contribution is 2.43. The fraction of sp³-hybridized carbons (Fsp3) is 0.185. The van der Waals surface area contributed by atoms with E-state index in [4.69, 9.17) is 0 Å². The van der Waals surface area contributed by atoms with E-state index >= 15 is 8.78 Å². The van der Waals surface area contributed by atoms with Crippen molar-refractivity contribution < 1.29 is 22.0 Å². The summed E-state index contributed by atoms with van der Waals surface area (Å²) in [4.78, 5) is 0. The maximum absolute atomic E-state index is 15.8. The molecule has 4 aromatic carbocycles. The molecular weight excluding hydrogens is 447 g/mol. The van der Waals surface area contributed by atoms with E-state index in [1.807, 2.05) is 45.0 Å². The van der Waals surface area contributed by atoms with Crippen molar-refractivity contribution in [3.05, 3.63) is 83.6 Å². The van der Waals surface area contributed by atoms with Gasteiger partial charge < -0.3 is 0 Å². The SMILES string of the molecule is CC(C)(C)c1cc(-c2nnc(C(F)(F)F)c3c(F)c4ccccc4c(F)c23)cc2ccccc12. The van der Waals surface area contributed by atoms with Crippen LogP contribution in [0.4, 0.5) is 22.0 Å². The second-order valence-corrected chi connectivity index (χ2v) is 9.31. The van der Waals surface area contributed by atoms with Crippen LogP contribution in [-0.4, -0.2) is 10.2 Å². The van der Waals surface area contributed by atoms with Crippen molar-refractivity contribution in [3.63, 3.8) is 0 Å². The predicted molar refractivity (Wildman–Crippen MR) is 124 cm³/mol. The van der Waals surface area contributed by atoms with E-state index in [1.165, 1.54) is 24.3 Å². The molecule has 172 valence electrons. The Kier molecular flexibility index (Phi) is 4.86. The highest BCUT2D eigenvalue weighted by Gasteiger charge is 2.38. The molecule has 7 heteroatoms. The van der Waals surface area contributed by atoms with Crippen LogP contribution < -0.4 is 0 Å². The molecule has 0 spiro atoms. The molecule has 5 rings (SSSR count). The largest absolute Gasteiger partial charge is 0.435 e. The first-order chi connectivity index (χ1) is 16.0. The molecule has 0 atom stereocenters. The van der Waals surface area contributed by atoms with Crippen LogP contribution in [0.25, 0.3) is 43.6 Å². The lowest BCUT2D eigenvalue weighted by Gasteiger charge is -2.23. The lowest BCUT2D eigenvalue weighted by molar-refractivity contribution is -0.140. The number of rotatable bonds is 1. The molecule has 1 heterocycles. The monoisotopic (exact) mass is 466 g/mol. The number of benzene rings is 4. The topological polar surface area (TPSA) is 25.8 Å². The van der Waals surface area contributed by atoms with Crippen molar-refractivity contribution in [1.82, 2.24) is 10.2 Å². The summed E-state index contributed by atoms with van der Waals surface area (Å²) in [5, 5.41) is 7.11. The number of hydrogen-bond donors (Lipinski definition) is 0. The molecule has 34 heavy (non-hydrogen) atoms. The molecule has 0 amide bonds. The molecule has 0 aliphatic carbocycles. The van der Waals surface area contributed by atoms with Gasteiger partial charge in [0.05, 0.1) is 10.8 Å². The highest BCUT2D eigenvalue weighted by molar-refractivity contribution is 6.07. The van der Waals surface area contributed by atoms with Crippen LogP contribution in [0, 0.1) is 11.6 Å². The first kappa shape index (κ1) is 22.2. The van der Waals surface area contributed by atoms with Gasteiger partial charge in [-0.2, -0.15) is 13.2 Å². The van der Waals surface area contributed by atoms with E-state index in [2.05, 4.69) is 10.2 Å². The van der Waals surface area contributed by atoms with Crippen molar-refractivity contribution in [2.45, 2.75) is 32.4 Å². The van der Waals surface area contributed by atoms with Gasteiger partial charge in [-0.25, -0.2) is 8.78 Å². The minimum absolute atomic E-state index is 0.119. The summed E-state index contributed by atoms with van der Waals surface area (Å²) in [5.74, 6) is -2.14. The van der Waals surface area contributed by atoms with Gasteiger partial charge in [0.15, 0.2) is 5.69 Å². The van der Waals surface area contributed by atoms with Crippen LogP contribution in [-0.2, 0) is 11.6 Å². The molecule has 5 aromatic rings. The second kappa shape index (κ2) is 7.45. The predicted octanol–water partition coefficient (Wildman–Crippen LogP) is 8.20. The molecule has 0 fully saturated rings. The number of aromatic nitrogens is 2. The minimum atomic E-state index is -5.01. The molecule has 0 saturated carbocycles. The van der Waals surface area contributed by atoms with Gasteiger partial charge in [0, 0.05) is 16.3 Å². The second-order valence-electron chi connectivity index (χ2n) is 9.31. The Balaban J connectivity index is 1.98. The van der Waals surface area contributed by atoms with Crippen molar-refractivity contribution >= 4 is 32.3 Å². The van der Waals surface area contributed by atoms with Gasteiger partial charge >= 0.3 is 6.18 Å². The van der Waals surface area contributed by atoms with Crippen LogP contribution in [0.1, 0.15) is 32.0 Å². The Hall–Kier alpha value is -3.61. The minimum Gasteiger partial charge on any atom is -0.206 e. The molecular formula is C27H19F5N2. The Morgan fingerprint density at radius 3 is 1.82 bits per heavy atom. The third-order valence-corrected chi connectivity index (χ3v) is 6.02. The Labute approximate surface area is 192 Å². The van der Waals surface area contributed by atoms with Crippen LogP contribution >= 0.6 is 0 Å². The highest BCUT2D eigenvalue weighted by atomic mass is 19.4. The smallest absolute Gasteiger partial charge is 0.206 e. The van der Waals surface area contributed by atoms with Gasteiger partial charge in [0.1, 0.15) is 17.3 Å². The lowest BCUT2D eigenvalue weighted by atomic mass is 9.82. The number of fused-ring (bicyclic) bond motifs is 3. The maximum atomic E-state index is 15.8. The first-order valence-electron chi connectivity index (χ1n) is 10.7. The number of alkyl halides is 3. The summed E-state index contributed by atoms with van der Waals surface area (Å²) in [6.45, 7) is 6.01. The quantitative estimate of drug-likeness (QED) is 0.184. The van der Waals surface area contributed by atoms with Gasteiger partial charge in [0.2, 0.25) is 0 Å². The first-order valence-corrected chi connectivity index (χ1v) is 10.7. The Morgan fingerprint density at radius 1 is 0.676 bits per heavy atom. The molecule has 0 bridgehead atoms. The maximum Gasteiger partial charge on any atom is 0.435 e. The molecule has 1 aromatic heterocycles. The van der Waals surface area contributed by atoms with E-state index < -0.39 is 34.3 Å². The summed E-state index contributed by atoms with van der Waals surface area (Å²) < 4.78 is 72.7. The average molecular weight is 466 g/mol. The number of hydrogen-bond acceptors (Lipinski definition) is 2. The zero-order valence-corrected chi connectivity index (χ0v) is 18.6. The van der Waals surface area contributed by atoms with Crippen molar-refractivity contribution in [2.75, 3.05) is 0 Å². The lowest BCUT2D eigenvalue weighted by Crippen LogP contribution is -2.14. The molecule has 2 nitrogen and oxygen atoms in total. The van der Waals surface area contributed by atoms with E-state index in [-0.39, 0.29) is 21.9 Å². The van der Waals surface area contributed by atoms with Gasteiger partial charge in [-0.05, 0) is 33.9 Å². The van der Waals surface area contributed by atoms with Gasteiger partial charge in [-0.15, -0.1) is 10.2 Å². The van der Waals surface area contributed by atoms with E-state index in [9.17, 15) is 13.2 Å². The number of nitrogens with zero attached hydrogens (tertiary/aromatic N) is 2. The third-order valence-electron chi connectivity index (χ3n) is 6.02. The normalized spacial score (nSPS) is 12.7. The standard InChI is InChI=1S/C27H19F5N2/c1-26(2,3)19-13-15(12-14-8-4-5-9-16(14)19)24-20-21(25(34-33-24)27(30,31)32)23(29)18-11-7-6-10-17(18)22(20)28/h4-13H,1-3H3. The van der Waals surface area contributed by atoms with Crippen LogP contribution in [0.2, 0.25) is 0 Å². The summed E-state index contributed by atoms with van der Waals surface area (Å²) in [7, 11) is 0. The third kappa shape index (κ3) is 3.38. The van der Waals surface area contributed by atoms with Crippen LogP contribution in [0.5, 0.6) is 0 Å². The molecule has 0 radical (unpaired) electrons. The Morgan fingerprint density at radius 2 is 1.24 bits per heavy atom. The van der Waals surface area contributed by atoms with Gasteiger partial charge in [-0.1, -0.05) is 69.3 Å².